The molecular weight excluding hydrogens is 342 g/mol. The normalized spacial score (nSPS) is 15.8. The fourth-order valence-corrected chi connectivity index (χ4v) is 3.24. The Labute approximate surface area is 147 Å². The zero-order valence-corrected chi connectivity index (χ0v) is 13.8. The molecule has 0 spiro atoms. The van der Waals surface area contributed by atoms with Gasteiger partial charge in [-0.25, -0.2) is 0 Å². The van der Waals surface area contributed by atoms with Crippen LogP contribution in [0.5, 0.6) is 0 Å². The van der Waals surface area contributed by atoms with Crippen LogP contribution in [0.15, 0.2) is 60.2 Å². The maximum atomic E-state index is 12.3. The zero-order valence-electron chi connectivity index (χ0n) is 13.0. The van der Waals surface area contributed by atoms with E-state index >= 15 is 0 Å². The van der Waals surface area contributed by atoms with Gasteiger partial charge >= 0.3 is 0 Å². The second-order valence-electron chi connectivity index (χ2n) is 5.16. The summed E-state index contributed by atoms with van der Waals surface area (Å²) in [7, 11) is 0. The van der Waals surface area contributed by atoms with Crippen molar-refractivity contribution in [3.8, 4) is 5.69 Å². The third kappa shape index (κ3) is 3.24. The number of non-ortho nitro benzene ring substituents is 1. The van der Waals surface area contributed by atoms with E-state index in [-0.39, 0.29) is 23.4 Å². The van der Waals surface area contributed by atoms with Crippen LogP contribution < -0.4 is 0 Å². The number of benzene rings is 1. The molecule has 8 heteroatoms. The SMILES string of the molecule is C=CCN1C(=O)S/C(=C/c2cccn2-c2ccc([N+](=O)[O-])cc2)C1=O. The number of carbonyl (C=O) groups is 2. The molecule has 126 valence electrons. The van der Waals surface area contributed by atoms with E-state index in [1.807, 2.05) is 0 Å². The van der Waals surface area contributed by atoms with Gasteiger partial charge in [-0.1, -0.05) is 6.08 Å². The first kappa shape index (κ1) is 16.7. The van der Waals surface area contributed by atoms with Crippen LogP contribution in [0.3, 0.4) is 0 Å². The minimum Gasteiger partial charge on any atom is -0.317 e. The standard InChI is InChI=1S/C17H13N3O4S/c1-2-9-19-16(21)15(25-17(19)22)11-14-4-3-10-18(14)12-5-7-13(8-6-12)20(23)24/h2-8,10-11H,1,9H2/b15-11+. The predicted molar refractivity (Wildman–Crippen MR) is 95.3 cm³/mol. The monoisotopic (exact) mass is 355 g/mol. The van der Waals surface area contributed by atoms with Crippen LogP contribution >= 0.6 is 11.8 Å². The summed E-state index contributed by atoms with van der Waals surface area (Å²) in [5.41, 5.74) is 1.41. The first-order valence-electron chi connectivity index (χ1n) is 7.29. The Bertz CT molecular complexity index is 899. The third-order valence-electron chi connectivity index (χ3n) is 3.58. The fourth-order valence-electron chi connectivity index (χ4n) is 2.40. The van der Waals surface area contributed by atoms with Crippen LogP contribution in [0.4, 0.5) is 10.5 Å². The fraction of sp³-hybridized carbons (Fsp3) is 0.0588. The summed E-state index contributed by atoms with van der Waals surface area (Å²) >= 11 is 0.878. The van der Waals surface area contributed by atoms with E-state index in [2.05, 4.69) is 6.58 Å². The van der Waals surface area contributed by atoms with Crippen molar-refractivity contribution in [1.82, 2.24) is 9.47 Å². The minimum atomic E-state index is -0.462. The first-order chi connectivity index (χ1) is 12.0. The molecule has 0 aliphatic carbocycles. The van der Waals surface area contributed by atoms with Crippen LogP contribution in [0.25, 0.3) is 11.8 Å². The van der Waals surface area contributed by atoms with E-state index < -0.39 is 4.92 Å². The molecule has 0 atom stereocenters. The van der Waals surface area contributed by atoms with Gasteiger partial charge in [0.2, 0.25) is 0 Å². The number of amides is 2. The van der Waals surface area contributed by atoms with Crippen LogP contribution in [-0.4, -0.2) is 32.1 Å². The van der Waals surface area contributed by atoms with Crippen LogP contribution in [0.2, 0.25) is 0 Å². The highest BCUT2D eigenvalue weighted by Gasteiger charge is 2.34. The molecule has 1 aliphatic heterocycles. The number of hydrogen-bond acceptors (Lipinski definition) is 5. The van der Waals surface area contributed by atoms with Crippen molar-refractivity contribution in [2.75, 3.05) is 6.54 Å². The molecule has 1 aromatic heterocycles. The van der Waals surface area contributed by atoms with Crippen molar-refractivity contribution in [2.24, 2.45) is 0 Å². The molecule has 1 aromatic carbocycles. The number of hydrogen-bond donors (Lipinski definition) is 0. The lowest BCUT2D eigenvalue weighted by Gasteiger charge is -2.08. The quantitative estimate of drug-likeness (QED) is 0.354. The molecule has 7 nitrogen and oxygen atoms in total. The summed E-state index contributed by atoms with van der Waals surface area (Å²) in [4.78, 5) is 35.9. The molecule has 1 saturated heterocycles. The number of nitrogens with zero attached hydrogens (tertiary/aromatic N) is 3. The van der Waals surface area contributed by atoms with Crippen molar-refractivity contribution in [1.29, 1.82) is 0 Å². The van der Waals surface area contributed by atoms with Gasteiger partial charge in [0.1, 0.15) is 0 Å². The first-order valence-corrected chi connectivity index (χ1v) is 8.11. The van der Waals surface area contributed by atoms with Crippen molar-refractivity contribution < 1.29 is 14.5 Å². The second-order valence-corrected chi connectivity index (χ2v) is 6.15. The van der Waals surface area contributed by atoms with Crippen LogP contribution in [0.1, 0.15) is 5.69 Å². The molecule has 2 heterocycles. The average Bonchev–Trinajstić information content (AvgIpc) is 3.16. The third-order valence-corrected chi connectivity index (χ3v) is 4.49. The minimum absolute atomic E-state index is 0.00278. The number of thioether (sulfide) groups is 1. The Kier molecular flexibility index (Phi) is 4.53. The molecule has 0 N–H and O–H groups in total. The molecule has 1 aliphatic rings. The van der Waals surface area contributed by atoms with E-state index in [0.717, 1.165) is 16.7 Å². The van der Waals surface area contributed by atoms with Gasteiger partial charge < -0.3 is 4.57 Å². The smallest absolute Gasteiger partial charge is 0.293 e. The number of nitro benzene ring substituents is 1. The van der Waals surface area contributed by atoms with E-state index in [1.165, 1.54) is 18.2 Å². The summed E-state index contributed by atoms with van der Waals surface area (Å²) in [6, 6.07) is 9.66. The van der Waals surface area contributed by atoms with Crippen molar-refractivity contribution in [3.63, 3.8) is 0 Å². The summed E-state index contributed by atoms with van der Waals surface area (Å²) < 4.78 is 1.78. The Hall–Kier alpha value is -3.13. The van der Waals surface area contributed by atoms with Gasteiger partial charge in [0.25, 0.3) is 16.8 Å². The summed E-state index contributed by atoms with van der Waals surface area (Å²) in [6.07, 6.45) is 4.91. The zero-order chi connectivity index (χ0) is 18.0. The Morgan fingerprint density at radius 2 is 1.92 bits per heavy atom. The molecule has 25 heavy (non-hydrogen) atoms. The van der Waals surface area contributed by atoms with Crippen molar-refractivity contribution in [2.45, 2.75) is 0 Å². The lowest BCUT2D eigenvalue weighted by molar-refractivity contribution is -0.384. The van der Waals surface area contributed by atoms with Gasteiger partial charge in [0, 0.05) is 36.3 Å². The van der Waals surface area contributed by atoms with Gasteiger partial charge in [-0.3, -0.25) is 24.6 Å². The molecule has 2 amide bonds. The molecule has 2 aromatic rings. The van der Waals surface area contributed by atoms with Crippen molar-refractivity contribution >= 4 is 34.7 Å². The number of carbonyl (C=O) groups excluding carboxylic acids is 2. The number of imide groups is 1. The molecular formula is C17H13N3O4S. The molecule has 0 unspecified atom stereocenters. The predicted octanol–water partition coefficient (Wildman–Crippen LogP) is 3.61. The van der Waals surface area contributed by atoms with E-state index in [4.69, 9.17) is 0 Å². The van der Waals surface area contributed by atoms with Gasteiger partial charge in [-0.15, -0.1) is 6.58 Å². The average molecular weight is 355 g/mol. The second kappa shape index (κ2) is 6.78. The van der Waals surface area contributed by atoms with Gasteiger partial charge in [-0.2, -0.15) is 0 Å². The number of nitro groups is 1. The van der Waals surface area contributed by atoms with E-state index in [1.54, 1.807) is 41.1 Å². The van der Waals surface area contributed by atoms with Crippen LogP contribution in [-0.2, 0) is 4.79 Å². The Balaban J connectivity index is 1.92. The Morgan fingerprint density at radius 1 is 1.20 bits per heavy atom. The summed E-state index contributed by atoms with van der Waals surface area (Å²) in [6.45, 7) is 3.71. The summed E-state index contributed by atoms with van der Waals surface area (Å²) in [5.74, 6) is -0.355. The molecule has 3 rings (SSSR count). The maximum Gasteiger partial charge on any atom is 0.293 e. The molecule has 0 saturated carbocycles. The topological polar surface area (TPSA) is 85.4 Å². The highest BCUT2D eigenvalue weighted by Crippen LogP contribution is 2.32. The summed E-state index contributed by atoms with van der Waals surface area (Å²) in [5, 5.41) is 10.4. The Morgan fingerprint density at radius 3 is 2.56 bits per heavy atom. The van der Waals surface area contributed by atoms with Gasteiger partial charge in [0.05, 0.1) is 9.83 Å². The van der Waals surface area contributed by atoms with Crippen molar-refractivity contribution in [3.05, 3.63) is 76.0 Å². The van der Waals surface area contributed by atoms with Gasteiger partial charge in [-0.05, 0) is 42.1 Å². The largest absolute Gasteiger partial charge is 0.317 e. The lowest BCUT2D eigenvalue weighted by Crippen LogP contribution is -2.27. The molecule has 0 bridgehead atoms. The van der Waals surface area contributed by atoms with Crippen LogP contribution in [0, 0.1) is 10.1 Å². The van der Waals surface area contributed by atoms with E-state index in [9.17, 15) is 19.7 Å². The maximum absolute atomic E-state index is 12.3. The van der Waals surface area contributed by atoms with E-state index in [0.29, 0.717) is 16.3 Å². The molecule has 1 fully saturated rings. The molecule has 0 radical (unpaired) electrons. The highest BCUT2D eigenvalue weighted by atomic mass is 32.2. The van der Waals surface area contributed by atoms with Gasteiger partial charge in [0.15, 0.2) is 0 Å². The number of aromatic nitrogens is 1. The lowest BCUT2D eigenvalue weighted by atomic mass is 10.2. The number of rotatable bonds is 5. The highest BCUT2D eigenvalue weighted by molar-refractivity contribution is 8.18.